The third-order valence-electron chi connectivity index (χ3n) is 3.70. The second-order valence-corrected chi connectivity index (χ2v) is 5.29. The number of benzene rings is 2. The number of hydrogen-bond donors (Lipinski definition) is 3. The Kier molecular flexibility index (Phi) is 3.57. The summed E-state index contributed by atoms with van der Waals surface area (Å²) < 4.78 is 0. The monoisotopic (exact) mass is 309 g/mol. The number of fused-ring (bicyclic) bond motifs is 1. The molecule has 0 bridgehead atoms. The number of nitrogens with one attached hydrogen (secondary N) is 1. The van der Waals surface area contributed by atoms with Crippen LogP contribution in [0, 0.1) is 13.8 Å². The lowest BCUT2D eigenvalue weighted by atomic mass is 10.1. The number of carbonyl (C=O) groups excluding carboxylic acids is 1. The second kappa shape index (κ2) is 5.57. The van der Waals surface area contributed by atoms with Crippen molar-refractivity contribution >= 4 is 22.5 Å². The van der Waals surface area contributed by atoms with Crippen molar-refractivity contribution in [3.63, 3.8) is 0 Å². The number of nitrogens with zero attached hydrogens (tertiary/aromatic N) is 2. The molecule has 0 atom stereocenters. The van der Waals surface area contributed by atoms with E-state index in [0.29, 0.717) is 0 Å². The Hall–Kier alpha value is -3.15. The number of para-hydroxylation sites is 1. The van der Waals surface area contributed by atoms with Gasteiger partial charge in [0.05, 0.1) is 11.1 Å². The van der Waals surface area contributed by atoms with Gasteiger partial charge in [-0.3, -0.25) is 4.79 Å². The minimum absolute atomic E-state index is 0.0588. The summed E-state index contributed by atoms with van der Waals surface area (Å²) in [6.45, 7) is 3.80. The standard InChI is InChI=1S/C17H15N3O3/c1-9-7-8-10(2)14-13(9)15(17(23)18-14)19-20-16(22)11-5-3-4-6-12(11)21/h3-8,18,21,23H,1-2H3. The largest absolute Gasteiger partial charge is 0.507 e. The van der Waals surface area contributed by atoms with Crippen molar-refractivity contribution in [2.45, 2.75) is 13.8 Å². The number of hydrogen-bond acceptors (Lipinski definition) is 4. The molecule has 0 spiro atoms. The third-order valence-corrected chi connectivity index (χ3v) is 3.70. The fourth-order valence-electron chi connectivity index (χ4n) is 2.47. The van der Waals surface area contributed by atoms with Gasteiger partial charge in [-0.2, -0.15) is 0 Å². The smallest absolute Gasteiger partial charge is 0.299 e. The number of aromatic amines is 1. The Balaban J connectivity index is 2.05. The summed E-state index contributed by atoms with van der Waals surface area (Å²) in [6.07, 6.45) is 0. The van der Waals surface area contributed by atoms with Crippen LogP contribution in [-0.4, -0.2) is 21.1 Å². The number of azo groups is 1. The zero-order valence-corrected chi connectivity index (χ0v) is 12.7. The van der Waals surface area contributed by atoms with Gasteiger partial charge in [-0.25, -0.2) is 0 Å². The third kappa shape index (κ3) is 2.55. The number of carbonyl (C=O) groups is 1. The molecule has 1 heterocycles. The van der Waals surface area contributed by atoms with Crippen molar-refractivity contribution < 1.29 is 15.0 Å². The van der Waals surface area contributed by atoms with Crippen LogP contribution < -0.4 is 0 Å². The summed E-state index contributed by atoms with van der Waals surface area (Å²) in [6, 6.07) is 9.94. The van der Waals surface area contributed by atoms with Crippen LogP contribution in [0.3, 0.4) is 0 Å². The number of rotatable bonds is 2. The first-order valence-electron chi connectivity index (χ1n) is 7.04. The van der Waals surface area contributed by atoms with E-state index in [2.05, 4.69) is 15.2 Å². The van der Waals surface area contributed by atoms with Crippen LogP contribution in [0.15, 0.2) is 46.6 Å². The number of aryl methyl sites for hydroxylation is 2. The van der Waals surface area contributed by atoms with Crippen LogP contribution in [0.5, 0.6) is 11.6 Å². The van der Waals surface area contributed by atoms with Crippen molar-refractivity contribution in [1.82, 2.24) is 4.98 Å². The second-order valence-electron chi connectivity index (χ2n) is 5.29. The van der Waals surface area contributed by atoms with Gasteiger partial charge in [-0.05, 0) is 37.1 Å². The quantitative estimate of drug-likeness (QED) is 0.621. The highest BCUT2D eigenvalue weighted by Gasteiger charge is 2.15. The van der Waals surface area contributed by atoms with E-state index in [-0.39, 0.29) is 22.9 Å². The molecule has 0 unspecified atom stereocenters. The number of aromatic hydroxyl groups is 2. The van der Waals surface area contributed by atoms with Crippen molar-refractivity contribution in [2.75, 3.05) is 0 Å². The predicted molar refractivity (Wildman–Crippen MR) is 86.4 cm³/mol. The number of H-pyrrole nitrogens is 1. The van der Waals surface area contributed by atoms with Gasteiger partial charge in [0.2, 0.25) is 5.88 Å². The van der Waals surface area contributed by atoms with E-state index in [1.54, 1.807) is 12.1 Å². The molecule has 2 aromatic carbocycles. The van der Waals surface area contributed by atoms with E-state index >= 15 is 0 Å². The molecule has 0 saturated carbocycles. The van der Waals surface area contributed by atoms with E-state index in [1.165, 1.54) is 12.1 Å². The molecule has 6 heteroatoms. The fourth-order valence-corrected chi connectivity index (χ4v) is 2.47. The fraction of sp³-hybridized carbons (Fsp3) is 0.118. The van der Waals surface area contributed by atoms with Crippen molar-refractivity contribution in [2.24, 2.45) is 10.2 Å². The highest BCUT2D eigenvalue weighted by Crippen LogP contribution is 2.38. The summed E-state index contributed by atoms with van der Waals surface area (Å²) in [5.74, 6) is -0.986. The molecule has 1 amide bonds. The van der Waals surface area contributed by atoms with Gasteiger partial charge >= 0.3 is 0 Å². The first-order chi connectivity index (χ1) is 11.0. The van der Waals surface area contributed by atoms with Crippen molar-refractivity contribution in [3.05, 3.63) is 53.1 Å². The van der Waals surface area contributed by atoms with Crippen LogP contribution in [0.4, 0.5) is 5.69 Å². The van der Waals surface area contributed by atoms with Crippen molar-refractivity contribution in [3.8, 4) is 11.6 Å². The lowest BCUT2D eigenvalue weighted by molar-refractivity contribution is 0.0992. The summed E-state index contributed by atoms with van der Waals surface area (Å²) >= 11 is 0. The first kappa shape index (κ1) is 14.8. The zero-order chi connectivity index (χ0) is 16.6. The van der Waals surface area contributed by atoms with Gasteiger partial charge in [-0.1, -0.05) is 24.3 Å². The molecule has 3 rings (SSSR count). The van der Waals surface area contributed by atoms with Crippen LogP contribution in [-0.2, 0) is 0 Å². The van der Waals surface area contributed by atoms with Crippen LogP contribution >= 0.6 is 0 Å². The van der Waals surface area contributed by atoms with Crippen LogP contribution in [0.2, 0.25) is 0 Å². The predicted octanol–water partition coefficient (Wildman–Crippen LogP) is 4.12. The van der Waals surface area contributed by atoms with E-state index in [4.69, 9.17) is 0 Å². The Morgan fingerprint density at radius 3 is 2.48 bits per heavy atom. The van der Waals surface area contributed by atoms with Crippen LogP contribution in [0.25, 0.3) is 10.9 Å². The minimum atomic E-state index is -0.679. The molecule has 3 aromatic rings. The van der Waals surface area contributed by atoms with Gasteiger partial charge in [0.15, 0.2) is 5.69 Å². The lowest BCUT2D eigenvalue weighted by Gasteiger charge is -2.00. The summed E-state index contributed by atoms with van der Waals surface area (Å²) in [5.41, 5.74) is 2.89. The molecule has 0 aliphatic heterocycles. The van der Waals surface area contributed by atoms with Gasteiger partial charge < -0.3 is 15.2 Å². The molecule has 0 radical (unpaired) electrons. The molecule has 23 heavy (non-hydrogen) atoms. The SMILES string of the molecule is Cc1ccc(C)c2c(N=NC(=O)c3ccccc3O)c(O)[nH]c12. The van der Waals surface area contributed by atoms with Crippen LogP contribution in [0.1, 0.15) is 21.5 Å². The minimum Gasteiger partial charge on any atom is -0.507 e. The Morgan fingerprint density at radius 2 is 1.74 bits per heavy atom. The highest BCUT2D eigenvalue weighted by atomic mass is 16.3. The summed E-state index contributed by atoms with van der Waals surface area (Å²) in [7, 11) is 0. The van der Waals surface area contributed by atoms with Gasteiger partial charge in [0, 0.05) is 5.39 Å². The molecule has 0 fully saturated rings. The van der Waals surface area contributed by atoms with Crippen molar-refractivity contribution in [1.29, 1.82) is 0 Å². The molecule has 0 aliphatic carbocycles. The molecule has 3 N–H and O–H groups in total. The molecule has 116 valence electrons. The first-order valence-corrected chi connectivity index (χ1v) is 7.04. The summed E-state index contributed by atoms with van der Waals surface area (Å²) in [5, 5.41) is 28.0. The zero-order valence-electron chi connectivity index (χ0n) is 12.7. The Bertz CT molecular complexity index is 942. The maximum absolute atomic E-state index is 12.0. The Morgan fingerprint density at radius 1 is 1.04 bits per heavy atom. The normalized spacial score (nSPS) is 11.4. The lowest BCUT2D eigenvalue weighted by Crippen LogP contribution is -1.93. The average Bonchev–Trinajstić information content (AvgIpc) is 2.87. The molecular formula is C17H15N3O3. The van der Waals surface area contributed by atoms with Gasteiger partial charge in [-0.15, -0.1) is 10.2 Å². The topological polar surface area (TPSA) is 98.0 Å². The number of amides is 1. The van der Waals surface area contributed by atoms with E-state index in [0.717, 1.165) is 22.0 Å². The maximum atomic E-state index is 12.0. The van der Waals surface area contributed by atoms with E-state index < -0.39 is 5.91 Å². The summed E-state index contributed by atoms with van der Waals surface area (Å²) in [4.78, 5) is 14.9. The van der Waals surface area contributed by atoms with Gasteiger partial charge in [0.25, 0.3) is 5.91 Å². The highest BCUT2D eigenvalue weighted by molar-refractivity contribution is 6.00. The molecule has 0 aliphatic rings. The van der Waals surface area contributed by atoms with E-state index in [1.807, 2.05) is 26.0 Å². The Labute approximate surface area is 132 Å². The molecule has 1 aromatic heterocycles. The van der Waals surface area contributed by atoms with E-state index in [9.17, 15) is 15.0 Å². The average molecular weight is 309 g/mol. The number of phenolic OH excluding ortho intramolecular Hbond substituents is 1. The molecule has 0 saturated heterocycles. The molecule has 6 nitrogen and oxygen atoms in total. The van der Waals surface area contributed by atoms with Gasteiger partial charge in [0.1, 0.15) is 5.75 Å². The number of phenols is 1. The number of aromatic nitrogens is 1. The maximum Gasteiger partial charge on any atom is 0.299 e. The molecular weight excluding hydrogens is 294 g/mol.